The van der Waals surface area contributed by atoms with Gasteiger partial charge in [0.25, 0.3) is 15.9 Å². The average molecular weight is 631 g/mol. The van der Waals surface area contributed by atoms with Crippen LogP contribution in [0.25, 0.3) is 11.3 Å². The summed E-state index contributed by atoms with van der Waals surface area (Å²) < 4.78 is 30.0. The Kier molecular flexibility index (Phi) is 9.55. The van der Waals surface area contributed by atoms with E-state index in [2.05, 4.69) is 39.2 Å². The van der Waals surface area contributed by atoms with Gasteiger partial charge in [-0.05, 0) is 62.2 Å². The fraction of sp³-hybridized carbons (Fsp3) is 0.219. The van der Waals surface area contributed by atoms with Crippen LogP contribution in [0.15, 0.2) is 108 Å². The van der Waals surface area contributed by atoms with Crippen LogP contribution >= 0.6 is 11.3 Å². The maximum atomic E-state index is 12.7. The van der Waals surface area contributed by atoms with Crippen LogP contribution in [0.1, 0.15) is 42.3 Å². The van der Waals surface area contributed by atoms with Gasteiger partial charge in [0.1, 0.15) is 0 Å². The van der Waals surface area contributed by atoms with Crippen molar-refractivity contribution in [2.75, 3.05) is 16.6 Å². The van der Waals surface area contributed by atoms with Crippen LogP contribution in [0.5, 0.6) is 0 Å². The molecule has 1 atom stereocenters. The third-order valence-electron chi connectivity index (χ3n) is 7.07. The number of rotatable bonds is 13. The van der Waals surface area contributed by atoms with Crippen molar-refractivity contribution in [1.29, 1.82) is 0 Å². The molecule has 2 aromatic heterocycles. The van der Waals surface area contributed by atoms with Crippen molar-refractivity contribution in [1.82, 2.24) is 19.9 Å². The normalized spacial score (nSPS) is 12.5. The van der Waals surface area contributed by atoms with E-state index in [0.29, 0.717) is 35.0 Å². The molecule has 4 N–H and O–H groups in total. The number of aromatic nitrogens is 3. The average Bonchev–Trinajstić information content (AvgIpc) is 3.72. The van der Waals surface area contributed by atoms with Crippen LogP contribution in [-0.2, 0) is 16.6 Å². The van der Waals surface area contributed by atoms with E-state index in [1.165, 1.54) is 23.5 Å². The smallest absolute Gasteiger partial charge is 0.261 e. The Morgan fingerprint density at radius 2 is 1.80 bits per heavy atom. The first-order valence-electron chi connectivity index (χ1n) is 14.0. The number of β-amino-alcohol motifs (C(OH)–C–C–N with tert-alkyl or cyclic N) is 1. The number of imidazole rings is 1. The minimum Gasteiger partial charge on any atom is -0.387 e. The summed E-state index contributed by atoms with van der Waals surface area (Å²) in [6.45, 7) is 5.13. The number of hydrogen-bond acceptors (Lipinski definition) is 8. The molecule has 0 aliphatic heterocycles. The second kappa shape index (κ2) is 13.5. The summed E-state index contributed by atoms with van der Waals surface area (Å²) in [6, 6.07) is 22.2. The SMILES string of the molecule is CC(C)(CCn1cnc(-c2ccc(C(=O)Nc3nccs3)cc2)c1)NC[C@H](O)c1cccc(NS(=O)(=O)c2ccccc2)c1. The standard InChI is InChI=1S/C32H34N6O4S2/c1-32(2,35-20-29(39)25-7-6-8-26(19-25)37-44(41,42)27-9-4-3-5-10-27)15-17-38-21-28(34-22-38)23-11-13-24(14-12-23)30(40)36-31-33-16-18-43-31/h3-14,16,18-19,21-22,29,35,37,39H,15,17,20H2,1-2H3,(H,33,36,40)/t29-/m0/s1. The van der Waals surface area contributed by atoms with E-state index in [1.807, 2.05) is 22.9 Å². The maximum Gasteiger partial charge on any atom is 0.261 e. The van der Waals surface area contributed by atoms with E-state index in [-0.39, 0.29) is 16.3 Å². The quantitative estimate of drug-likeness (QED) is 0.134. The fourth-order valence-corrected chi connectivity index (χ4v) is 6.08. The number of hydrogen-bond donors (Lipinski definition) is 4. The second-order valence-corrected chi connectivity index (χ2v) is 13.5. The van der Waals surface area contributed by atoms with Gasteiger partial charge in [0, 0.05) is 53.2 Å². The van der Waals surface area contributed by atoms with Gasteiger partial charge < -0.3 is 15.0 Å². The largest absolute Gasteiger partial charge is 0.387 e. The fourth-order valence-electron chi connectivity index (χ4n) is 4.49. The number of carbonyl (C=O) groups is 1. The number of aliphatic hydroxyl groups is 1. The highest BCUT2D eigenvalue weighted by atomic mass is 32.2. The van der Waals surface area contributed by atoms with Gasteiger partial charge in [-0.15, -0.1) is 11.3 Å². The Morgan fingerprint density at radius 1 is 1.02 bits per heavy atom. The Morgan fingerprint density at radius 3 is 2.52 bits per heavy atom. The molecule has 0 spiro atoms. The van der Waals surface area contributed by atoms with Gasteiger partial charge in [-0.3, -0.25) is 14.8 Å². The zero-order chi connectivity index (χ0) is 31.2. The van der Waals surface area contributed by atoms with Gasteiger partial charge in [0.2, 0.25) is 0 Å². The highest BCUT2D eigenvalue weighted by molar-refractivity contribution is 7.92. The number of aliphatic hydroxyl groups excluding tert-OH is 1. The molecule has 0 saturated heterocycles. The lowest BCUT2D eigenvalue weighted by Crippen LogP contribution is -2.42. The summed E-state index contributed by atoms with van der Waals surface area (Å²) in [6.07, 6.45) is 5.33. The zero-order valence-electron chi connectivity index (χ0n) is 24.3. The molecule has 0 fully saturated rings. The molecule has 0 aliphatic rings. The Bertz CT molecular complexity index is 1790. The Balaban J connectivity index is 1.12. The second-order valence-electron chi connectivity index (χ2n) is 10.9. The summed E-state index contributed by atoms with van der Waals surface area (Å²) in [7, 11) is -3.73. The number of nitrogens with zero attached hydrogens (tertiary/aromatic N) is 3. The van der Waals surface area contributed by atoms with E-state index >= 15 is 0 Å². The van der Waals surface area contributed by atoms with Crippen LogP contribution < -0.4 is 15.4 Å². The number of anilines is 2. The first kappa shape index (κ1) is 31.1. The molecule has 10 nitrogen and oxygen atoms in total. The number of thiazole rings is 1. The van der Waals surface area contributed by atoms with Crippen molar-refractivity contribution in [3.05, 3.63) is 114 Å². The lowest BCUT2D eigenvalue weighted by atomic mass is 9.99. The maximum absolute atomic E-state index is 12.7. The van der Waals surface area contributed by atoms with Crippen LogP contribution in [0, 0.1) is 0 Å². The van der Waals surface area contributed by atoms with Gasteiger partial charge in [0.05, 0.1) is 23.0 Å². The molecule has 2 heterocycles. The zero-order valence-corrected chi connectivity index (χ0v) is 26.0. The van der Waals surface area contributed by atoms with E-state index in [1.54, 1.807) is 72.5 Å². The molecule has 0 unspecified atom stereocenters. The third-order valence-corrected chi connectivity index (χ3v) is 9.16. The molecule has 12 heteroatoms. The molecule has 44 heavy (non-hydrogen) atoms. The molecule has 0 saturated carbocycles. The van der Waals surface area contributed by atoms with E-state index in [4.69, 9.17) is 0 Å². The summed E-state index contributed by atoms with van der Waals surface area (Å²) in [5.74, 6) is -0.211. The van der Waals surface area contributed by atoms with Crippen molar-refractivity contribution >= 4 is 38.1 Å². The molecule has 228 valence electrons. The number of sulfonamides is 1. The van der Waals surface area contributed by atoms with Crippen molar-refractivity contribution in [3.8, 4) is 11.3 Å². The van der Waals surface area contributed by atoms with Crippen LogP contribution in [0.3, 0.4) is 0 Å². The highest BCUT2D eigenvalue weighted by Crippen LogP contribution is 2.23. The lowest BCUT2D eigenvalue weighted by Gasteiger charge is -2.28. The number of aryl methyl sites for hydroxylation is 1. The first-order valence-corrected chi connectivity index (χ1v) is 16.4. The predicted molar refractivity (Wildman–Crippen MR) is 173 cm³/mol. The van der Waals surface area contributed by atoms with E-state index in [0.717, 1.165) is 17.7 Å². The molecule has 1 amide bonds. The molecule has 0 radical (unpaired) electrons. The predicted octanol–water partition coefficient (Wildman–Crippen LogP) is 5.55. The van der Waals surface area contributed by atoms with Crippen LogP contribution in [-0.4, -0.2) is 46.1 Å². The molecule has 0 bridgehead atoms. The molecular formula is C32H34N6O4S2. The minimum absolute atomic E-state index is 0.171. The van der Waals surface area contributed by atoms with Gasteiger partial charge >= 0.3 is 0 Å². The minimum atomic E-state index is -3.73. The first-order chi connectivity index (χ1) is 21.1. The molecule has 3 aromatic carbocycles. The number of amides is 1. The molecule has 5 aromatic rings. The highest BCUT2D eigenvalue weighted by Gasteiger charge is 2.20. The van der Waals surface area contributed by atoms with Crippen molar-refractivity contribution in [3.63, 3.8) is 0 Å². The topological polar surface area (TPSA) is 138 Å². The van der Waals surface area contributed by atoms with E-state index in [9.17, 15) is 18.3 Å². The van der Waals surface area contributed by atoms with Crippen LogP contribution in [0.4, 0.5) is 10.8 Å². The van der Waals surface area contributed by atoms with Crippen molar-refractivity contribution in [2.24, 2.45) is 0 Å². The summed E-state index contributed by atoms with van der Waals surface area (Å²) in [5, 5.41) is 19.4. The van der Waals surface area contributed by atoms with Crippen molar-refractivity contribution in [2.45, 2.75) is 43.4 Å². The summed E-state index contributed by atoms with van der Waals surface area (Å²) in [5.41, 5.74) is 2.94. The van der Waals surface area contributed by atoms with Crippen molar-refractivity contribution < 1.29 is 18.3 Å². The monoisotopic (exact) mass is 630 g/mol. The lowest BCUT2D eigenvalue weighted by molar-refractivity contribution is 0.102. The number of benzene rings is 3. The Labute approximate surface area is 260 Å². The molecule has 5 rings (SSSR count). The van der Waals surface area contributed by atoms with E-state index < -0.39 is 16.1 Å². The van der Waals surface area contributed by atoms with Gasteiger partial charge in [-0.2, -0.15) is 0 Å². The summed E-state index contributed by atoms with van der Waals surface area (Å²) in [4.78, 5) is 21.2. The number of carbonyl (C=O) groups excluding carboxylic acids is 1. The Hall–Kier alpha value is -4.36. The molecular weight excluding hydrogens is 597 g/mol. The molecule has 0 aliphatic carbocycles. The summed E-state index contributed by atoms with van der Waals surface area (Å²) >= 11 is 1.37. The van der Waals surface area contributed by atoms with Gasteiger partial charge in [-0.1, -0.05) is 42.5 Å². The van der Waals surface area contributed by atoms with Gasteiger partial charge in [-0.25, -0.2) is 18.4 Å². The third kappa shape index (κ3) is 8.17. The van der Waals surface area contributed by atoms with Crippen LogP contribution in [0.2, 0.25) is 0 Å². The number of nitrogens with one attached hydrogen (secondary N) is 3. The van der Waals surface area contributed by atoms with Gasteiger partial charge in [0.15, 0.2) is 5.13 Å².